The van der Waals surface area contributed by atoms with Crippen molar-refractivity contribution in [1.29, 1.82) is 0 Å². The third-order valence-electron chi connectivity index (χ3n) is 2.03. The first-order valence-corrected chi connectivity index (χ1v) is 7.88. The van der Waals surface area contributed by atoms with Gasteiger partial charge in [-0.3, -0.25) is 9.59 Å². The predicted molar refractivity (Wildman–Crippen MR) is 72.6 cm³/mol. The Morgan fingerprint density at radius 1 is 0.706 bits per heavy atom. The molecule has 0 aromatic heterocycles. The fraction of sp³-hybridized carbons (Fsp3) is 0.818. The summed E-state index contributed by atoms with van der Waals surface area (Å²) in [7, 11) is 0. The number of hydrogen-bond acceptors (Lipinski definition) is 4. The lowest BCUT2D eigenvalue weighted by Crippen LogP contribution is -2.07. The van der Waals surface area contributed by atoms with Gasteiger partial charge in [-0.2, -0.15) is 0 Å². The van der Waals surface area contributed by atoms with Gasteiger partial charge in [0.2, 0.25) is 0 Å². The SMILES string of the molecule is O=C(CBr)OCCCCCCCOC(=O)CBr. The van der Waals surface area contributed by atoms with Crippen LogP contribution in [0.5, 0.6) is 0 Å². The van der Waals surface area contributed by atoms with Crippen molar-refractivity contribution in [2.45, 2.75) is 32.1 Å². The maximum atomic E-state index is 10.8. The van der Waals surface area contributed by atoms with E-state index in [1.807, 2.05) is 0 Å². The minimum absolute atomic E-state index is 0.216. The fourth-order valence-corrected chi connectivity index (χ4v) is 1.51. The van der Waals surface area contributed by atoms with E-state index in [9.17, 15) is 9.59 Å². The average molecular weight is 374 g/mol. The lowest BCUT2D eigenvalue weighted by atomic mass is 10.1. The van der Waals surface area contributed by atoms with E-state index in [4.69, 9.17) is 9.47 Å². The second-order valence-electron chi connectivity index (χ2n) is 3.48. The van der Waals surface area contributed by atoms with E-state index in [1.165, 1.54) is 0 Å². The van der Waals surface area contributed by atoms with Crippen molar-refractivity contribution >= 4 is 43.8 Å². The average Bonchev–Trinajstić information content (AvgIpc) is 2.35. The highest BCUT2D eigenvalue weighted by Crippen LogP contribution is 2.04. The van der Waals surface area contributed by atoms with Crippen LogP contribution in [0.1, 0.15) is 32.1 Å². The molecule has 0 N–H and O–H groups in total. The molecule has 0 saturated heterocycles. The second-order valence-corrected chi connectivity index (χ2v) is 4.60. The van der Waals surface area contributed by atoms with Gasteiger partial charge in [0.25, 0.3) is 0 Å². The van der Waals surface area contributed by atoms with Gasteiger partial charge in [0.05, 0.1) is 13.2 Å². The number of esters is 2. The quantitative estimate of drug-likeness (QED) is 0.335. The summed E-state index contributed by atoms with van der Waals surface area (Å²) in [5, 5.41) is 0.512. The Labute approximate surface area is 119 Å². The summed E-state index contributed by atoms with van der Waals surface area (Å²) in [6.07, 6.45) is 4.90. The molecule has 100 valence electrons. The van der Waals surface area contributed by atoms with Gasteiger partial charge in [-0.15, -0.1) is 0 Å². The summed E-state index contributed by atoms with van der Waals surface area (Å²) in [4.78, 5) is 21.5. The molecule has 0 saturated carbocycles. The first-order valence-electron chi connectivity index (χ1n) is 5.64. The Kier molecular flexibility index (Phi) is 12.3. The summed E-state index contributed by atoms with van der Waals surface area (Å²) in [5.41, 5.74) is 0. The standard InChI is InChI=1S/C11H18Br2O4/c12-8-10(14)16-6-4-2-1-3-5-7-17-11(15)9-13/h1-9H2. The number of carbonyl (C=O) groups excluding carboxylic acids is 2. The van der Waals surface area contributed by atoms with Crippen molar-refractivity contribution in [3.8, 4) is 0 Å². The van der Waals surface area contributed by atoms with E-state index in [-0.39, 0.29) is 22.6 Å². The van der Waals surface area contributed by atoms with Crippen LogP contribution < -0.4 is 0 Å². The number of unbranched alkanes of at least 4 members (excludes halogenated alkanes) is 4. The third kappa shape index (κ3) is 12.2. The summed E-state index contributed by atoms with van der Waals surface area (Å²) >= 11 is 6.05. The number of halogens is 2. The van der Waals surface area contributed by atoms with Crippen LogP contribution >= 0.6 is 31.9 Å². The summed E-state index contributed by atoms with van der Waals surface area (Å²) in [6.45, 7) is 0.978. The molecule has 0 unspecified atom stereocenters. The number of ether oxygens (including phenoxy) is 2. The van der Waals surface area contributed by atoms with Gasteiger partial charge in [-0.05, 0) is 12.8 Å². The van der Waals surface area contributed by atoms with Crippen molar-refractivity contribution in [3.05, 3.63) is 0 Å². The normalized spacial score (nSPS) is 10.0. The molecule has 0 amide bonds. The maximum absolute atomic E-state index is 10.8. The zero-order chi connectivity index (χ0) is 12.9. The van der Waals surface area contributed by atoms with Crippen LogP contribution in [0, 0.1) is 0 Å². The predicted octanol–water partition coefficient (Wildman–Crippen LogP) is 2.81. The zero-order valence-corrected chi connectivity index (χ0v) is 12.9. The highest BCUT2D eigenvalue weighted by atomic mass is 79.9. The molecule has 6 heteroatoms. The van der Waals surface area contributed by atoms with Gasteiger partial charge in [-0.1, -0.05) is 51.1 Å². The van der Waals surface area contributed by atoms with E-state index in [1.54, 1.807) is 0 Å². The zero-order valence-electron chi connectivity index (χ0n) is 9.75. The number of alkyl halides is 2. The van der Waals surface area contributed by atoms with E-state index in [0.29, 0.717) is 13.2 Å². The van der Waals surface area contributed by atoms with Crippen molar-refractivity contribution in [2.24, 2.45) is 0 Å². The van der Waals surface area contributed by atoms with Crippen molar-refractivity contribution < 1.29 is 19.1 Å². The molecule has 0 fully saturated rings. The molecule has 0 aromatic carbocycles. The van der Waals surface area contributed by atoms with Crippen LogP contribution in [-0.4, -0.2) is 35.8 Å². The van der Waals surface area contributed by atoms with Gasteiger partial charge in [0, 0.05) is 0 Å². The lowest BCUT2D eigenvalue weighted by molar-refractivity contribution is -0.141. The molecular formula is C11H18Br2O4. The molecule has 4 nitrogen and oxygen atoms in total. The number of hydrogen-bond donors (Lipinski definition) is 0. The number of carbonyl (C=O) groups is 2. The number of rotatable bonds is 10. The highest BCUT2D eigenvalue weighted by Gasteiger charge is 1.99. The van der Waals surface area contributed by atoms with Crippen molar-refractivity contribution in [2.75, 3.05) is 23.9 Å². The van der Waals surface area contributed by atoms with Crippen LogP contribution in [-0.2, 0) is 19.1 Å². The van der Waals surface area contributed by atoms with Crippen molar-refractivity contribution in [1.82, 2.24) is 0 Å². The Bertz CT molecular complexity index is 200. The molecule has 0 bridgehead atoms. The van der Waals surface area contributed by atoms with Gasteiger partial charge < -0.3 is 9.47 Å². The molecule has 0 aliphatic rings. The molecule has 0 rings (SSSR count). The minimum Gasteiger partial charge on any atom is -0.465 e. The van der Waals surface area contributed by atoms with Crippen molar-refractivity contribution in [3.63, 3.8) is 0 Å². The van der Waals surface area contributed by atoms with Crippen LogP contribution in [0.15, 0.2) is 0 Å². The molecule has 0 spiro atoms. The van der Waals surface area contributed by atoms with Gasteiger partial charge in [0.15, 0.2) is 0 Å². The molecule has 0 aliphatic heterocycles. The summed E-state index contributed by atoms with van der Waals surface area (Å²) in [5.74, 6) is -0.432. The van der Waals surface area contributed by atoms with Crippen LogP contribution in [0.2, 0.25) is 0 Å². The molecule has 0 heterocycles. The van der Waals surface area contributed by atoms with Gasteiger partial charge in [-0.25, -0.2) is 0 Å². The Balaban J connectivity index is 3.08. The van der Waals surface area contributed by atoms with Crippen LogP contribution in [0.3, 0.4) is 0 Å². The second kappa shape index (κ2) is 12.4. The Morgan fingerprint density at radius 2 is 1.06 bits per heavy atom. The van der Waals surface area contributed by atoms with E-state index in [2.05, 4.69) is 31.9 Å². The van der Waals surface area contributed by atoms with Crippen LogP contribution in [0.25, 0.3) is 0 Å². The van der Waals surface area contributed by atoms with E-state index < -0.39 is 0 Å². The third-order valence-corrected chi connectivity index (χ3v) is 2.95. The summed E-state index contributed by atoms with van der Waals surface area (Å²) in [6, 6.07) is 0. The first kappa shape index (κ1) is 16.9. The van der Waals surface area contributed by atoms with Crippen LogP contribution in [0.4, 0.5) is 0 Å². The molecular weight excluding hydrogens is 356 g/mol. The maximum Gasteiger partial charge on any atom is 0.316 e. The lowest BCUT2D eigenvalue weighted by Gasteiger charge is -2.04. The van der Waals surface area contributed by atoms with Gasteiger partial charge in [0.1, 0.15) is 10.7 Å². The minimum atomic E-state index is -0.216. The monoisotopic (exact) mass is 372 g/mol. The Morgan fingerprint density at radius 3 is 1.41 bits per heavy atom. The largest absolute Gasteiger partial charge is 0.465 e. The first-order chi connectivity index (χ1) is 8.20. The van der Waals surface area contributed by atoms with Gasteiger partial charge >= 0.3 is 11.9 Å². The Hall–Kier alpha value is -0.100. The smallest absolute Gasteiger partial charge is 0.316 e. The topological polar surface area (TPSA) is 52.6 Å². The van der Waals surface area contributed by atoms with E-state index >= 15 is 0 Å². The molecule has 0 aromatic rings. The molecule has 17 heavy (non-hydrogen) atoms. The molecule has 0 aliphatic carbocycles. The fourth-order valence-electron chi connectivity index (χ4n) is 1.18. The highest BCUT2D eigenvalue weighted by molar-refractivity contribution is 9.09. The molecule has 0 atom stereocenters. The van der Waals surface area contributed by atoms with E-state index in [0.717, 1.165) is 32.1 Å². The molecule has 0 radical (unpaired) electrons. The summed E-state index contributed by atoms with van der Waals surface area (Å²) < 4.78 is 9.81.